The quantitative estimate of drug-likeness (QED) is 0.908. The molecule has 0 radical (unpaired) electrons. The monoisotopic (exact) mass is 311 g/mol. The topological polar surface area (TPSA) is 38.3 Å². The van der Waals surface area contributed by atoms with Crippen LogP contribution in [0.15, 0.2) is 28.7 Å². The second-order valence-corrected chi connectivity index (χ2v) is 5.59. The minimum absolute atomic E-state index is 0.0330. The molecule has 1 fully saturated rings. The van der Waals surface area contributed by atoms with E-state index in [0.29, 0.717) is 6.61 Å². The third kappa shape index (κ3) is 2.93. The zero-order chi connectivity index (χ0) is 13.2. The lowest BCUT2D eigenvalue weighted by Crippen LogP contribution is -2.41. The molecule has 18 heavy (non-hydrogen) atoms. The van der Waals surface area contributed by atoms with E-state index in [-0.39, 0.29) is 17.6 Å². The van der Waals surface area contributed by atoms with Crippen molar-refractivity contribution in [1.29, 1.82) is 0 Å². The maximum Gasteiger partial charge on any atom is 0.249 e. The van der Waals surface area contributed by atoms with Crippen LogP contribution in [0.1, 0.15) is 32.3 Å². The molecule has 98 valence electrons. The lowest BCUT2D eigenvalue weighted by molar-refractivity contribution is -0.132. The van der Waals surface area contributed by atoms with E-state index in [1.54, 1.807) is 6.92 Å². The first-order valence-electron chi connectivity index (χ1n) is 6.27. The molecule has 2 rings (SSSR count). The molecule has 0 heterocycles. The summed E-state index contributed by atoms with van der Waals surface area (Å²) < 4.78 is 6.36. The molecule has 0 aliphatic heterocycles. The summed E-state index contributed by atoms with van der Waals surface area (Å²) in [7, 11) is 0. The first-order chi connectivity index (χ1) is 8.57. The van der Waals surface area contributed by atoms with Gasteiger partial charge in [-0.1, -0.05) is 28.1 Å². The highest BCUT2D eigenvalue weighted by Crippen LogP contribution is 2.46. The molecule has 0 bridgehead atoms. The Balaban J connectivity index is 2.07. The summed E-state index contributed by atoms with van der Waals surface area (Å²) >= 11 is 3.47. The van der Waals surface area contributed by atoms with Gasteiger partial charge in [0, 0.05) is 11.1 Å². The van der Waals surface area contributed by atoms with Gasteiger partial charge in [0.05, 0.1) is 5.54 Å². The van der Waals surface area contributed by atoms with E-state index in [1.165, 1.54) is 0 Å². The van der Waals surface area contributed by atoms with Gasteiger partial charge in [-0.3, -0.25) is 4.79 Å². The Labute approximate surface area is 116 Å². The van der Waals surface area contributed by atoms with Gasteiger partial charge in [0.2, 0.25) is 5.91 Å². The van der Waals surface area contributed by atoms with Crippen LogP contribution in [0.25, 0.3) is 0 Å². The van der Waals surface area contributed by atoms with Crippen molar-refractivity contribution >= 4 is 21.8 Å². The predicted molar refractivity (Wildman–Crippen MR) is 74.3 cm³/mol. The Morgan fingerprint density at radius 3 is 2.83 bits per heavy atom. The van der Waals surface area contributed by atoms with Gasteiger partial charge in [0.15, 0.2) is 0 Å². The number of benzene rings is 1. The summed E-state index contributed by atoms with van der Waals surface area (Å²) in [5.74, 6) is -0.0330. The van der Waals surface area contributed by atoms with Crippen LogP contribution < -0.4 is 5.32 Å². The summed E-state index contributed by atoms with van der Waals surface area (Å²) in [5.41, 5.74) is 0.987. The molecule has 1 aliphatic rings. The largest absolute Gasteiger partial charge is 0.369 e. The average Bonchev–Trinajstić information content (AvgIpc) is 3.10. The number of halogens is 1. The highest BCUT2D eigenvalue weighted by Gasteiger charge is 2.46. The summed E-state index contributed by atoms with van der Waals surface area (Å²) in [4.78, 5) is 12.0. The fourth-order valence-corrected chi connectivity index (χ4v) is 2.46. The molecule has 1 amide bonds. The van der Waals surface area contributed by atoms with Crippen molar-refractivity contribution in [3.05, 3.63) is 34.3 Å². The van der Waals surface area contributed by atoms with Crippen LogP contribution >= 0.6 is 15.9 Å². The number of carbonyl (C=O) groups is 1. The Hall–Kier alpha value is -0.870. The van der Waals surface area contributed by atoms with Crippen LogP contribution in [0, 0.1) is 0 Å². The molecule has 0 aromatic heterocycles. The third-order valence-electron chi connectivity index (χ3n) is 3.28. The molecule has 1 aromatic rings. The van der Waals surface area contributed by atoms with Gasteiger partial charge in [0.1, 0.15) is 6.10 Å². The SMILES string of the molecule is CCOC(C)C(=O)NC1(c2cccc(Br)c2)CC1. The van der Waals surface area contributed by atoms with Crippen molar-refractivity contribution in [2.45, 2.75) is 38.3 Å². The van der Waals surface area contributed by atoms with Crippen molar-refractivity contribution < 1.29 is 9.53 Å². The van der Waals surface area contributed by atoms with Crippen LogP contribution in [-0.4, -0.2) is 18.6 Å². The number of hydrogen-bond acceptors (Lipinski definition) is 2. The van der Waals surface area contributed by atoms with Crippen LogP contribution in [0.2, 0.25) is 0 Å². The minimum Gasteiger partial charge on any atom is -0.369 e. The van der Waals surface area contributed by atoms with E-state index in [2.05, 4.69) is 33.4 Å². The number of nitrogens with one attached hydrogen (secondary N) is 1. The van der Waals surface area contributed by atoms with Gasteiger partial charge in [-0.25, -0.2) is 0 Å². The third-order valence-corrected chi connectivity index (χ3v) is 3.77. The molecule has 4 heteroatoms. The van der Waals surface area contributed by atoms with E-state index < -0.39 is 0 Å². The maximum absolute atomic E-state index is 12.0. The molecule has 1 saturated carbocycles. The fraction of sp³-hybridized carbons (Fsp3) is 0.500. The second-order valence-electron chi connectivity index (χ2n) is 4.68. The van der Waals surface area contributed by atoms with Gasteiger partial charge in [-0.05, 0) is 44.4 Å². The number of amides is 1. The molecule has 1 aliphatic carbocycles. The van der Waals surface area contributed by atoms with E-state index in [4.69, 9.17) is 4.74 Å². The summed E-state index contributed by atoms with van der Waals surface area (Å²) in [6.45, 7) is 4.24. The van der Waals surface area contributed by atoms with Crippen molar-refractivity contribution in [2.75, 3.05) is 6.61 Å². The normalized spacial score (nSPS) is 18.2. The van der Waals surface area contributed by atoms with Crippen molar-refractivity contribution in [1.82, 2.24) is 5.32 Å². The average molecular weight is 312 g/mol. The fourth-order valence-electron chi connectivity index (χ4n) is 2.06. The summed E-state index contributed by atoms with van der Waals surface area (Å²) in [6, 6.07) is 8.11. The van der Waals surface area contributed by atoms with Gasteiger partial charge in [-0.15, -0.1) is 0 Å². The first-order valence-corrected chi connectivity index (χ1v) is 7.06. The Kier molecular flexibility index (Phi) is 4.07. The number of rotatable bonds is 5. The van der Waals surface area contributed by atoms with Gasteiger partial charge >= 0.3 is 0 Å². The summed E-state index contributed by atoms with van der Waals surface area (Å²) in [6.07, 6.45) is 1.60. The Morgan fingerprint density at radius 1 is 1.56 bits per heavy atom. The maximum atomic E-state index is 12.0. The molecular weight excluding hydrogens is 294 g/mol. The lowest BCUT2D eigenvalue weighted by Gasteiger charge is -2.21. The van der Waals surface area contributed by atoms with Crippen molar-refractivity contribution in [3.8, 4) is 0 Å². The highest BCUT2D eigenvalue weighted by atomic mass is 79.9. The number of ether oxygens (including phenoxy) is 1. The Morgan fingerprint density at radius 2 is 2.28 bits per heavy atom. The van der Waals surface area contributed by atoms with E-state index in [1.807, 2.05) is 19.1 Å². The molecular formula is C14H18BrNO2. The zero-order valence-electron chi connectivity index (χ0n) is 10.7. The molecule has 1 N–H and O–H groups in total. The zero-order valence-corrected chi connectivity index (χ0v) is 12.3. The molecule has 0 saturated heterocycles. The van der Waals surface area contributed by atoms with Crippen LogP contribution in [0.5, 0.6) is 0 Å². The molecule has 3 nitrogen and oxygen atoms in total. The first kappa shape index (κ1) is 13.6. The van der Waals surface area contributed by atoms with Gasteiger partial charge in [-0.2, -0.15) is 0 Å². The van der Waals surface area contributed by atoms with Crippen LogP contribution in [0.4, 0.5) is 0 Å². The van der Waals surface area contributed by atoms with Crippen LogP contribution in [0.3, 0.4) is 0 Å². The summed E-state index contributed by atoms with van der Waals surface area (Å²) in [5, 5.41) is 3.11. The van der Waals surface area contributed by atoms with Crippen LogP contribution in [-0.2, 0) is 15.1 Å². The van der Waals surface area contributed by atoms with E-state index in [9.17, 15) is 4.79 Å². The Bertz CT molecular complexity index is 443. The second kappa shape index (κ2) is 5.41. The highest BCUT2D eigenvalue weighted by molar-refractivity contribution is 9.10. The standard InChI is InChI=1S/C14H18BrNO2/c1-3-18-10(2)13(17)16-14(7-8-14)11-5-4-6-12(15)9-11/h4-6,9-10H,3,7-8H2,1-2H3,(H,16,17). The molecule has 1 atom stereocenters. The van der Waals surface area contributed by atoms with Gasteiger partial charge in [0.25, 0.3) is 0 Å². The van der Waals surface area contributed by atoms with Crippen molar-refractivity contribution in [2.24, 2.45) is 0 Å². The van der Waals surface area contributed by atoms with E-state index in [0.717, 1.165) is 22.9 Å². The minimum atomic E-state index is -0.389. The molecule has 1 aromatic carbocycles. The number of hydrogen-bond donors (Lipinski definition) is 1. The number of carbonyl (C=O) groups excluding carboxylic acids is 1. The lowest BCUT2D eigenvalue weighted by atomic mass is 10.0. The van der Waals surface area contributed by atoms with Crippen molar-refractivity contribution in [3.63, 3.8) is 0 Å². The van der Waals surface area contributed by atoms with E-state index >= 15 is 0 Å². The smallest absolute Gasteiger partial charge is 0.249 e. The van der Waals surface area contributed by atoms with Gasteiger partial charge < -0.3 is 10.1 Å². The molecule has 0 spiro atoms. The predicted octanol–water partition coefficient (Wildman–Crippen LogP) is 2.98. The molecule has 1 unspecified atom stereocenters.